The number of rotatable bonds is 10. The molecule has 2 aromatic heterocycles. The van der Waals surface area contributed by atoms with Crippen molar-refractivity contribution >= 4 is 17.4 Å². The highest BCUT2D eigenvalue weighted by atomic mass is 35.5. The molecule has 2 saturated carbocycles. The fourth-order valence-electron chi connectivity index (χ4n) is 5.42. The average molecular weight is 542 g/mol. The third-order valence-corrected chi connectivity index (χ3v) is 7.60. The molecule has 9 heteroatoms. The summed E-state index contributed by atoms with van der Waals surface area (Å²) in [5.74, 6) is 2.49. The standard InChI is InChI=1S/C29H40N5O3.ClH/c1-7-19(8-2)37-23-13-14-24-33(32-28(30)34(24)31-23)16-22(35)21-15-20(17-9-10-17)25(18-11-12-18)26(27(21)36-6)29(3,4)5;/h13-15,17-19H,7-12,16H2,1-6H3,(H2,30,32);1H/q+1;/p-1. The summed E-state index contributed by atoms with van der Waals surface area (Å²) in [6, 6.07) is 5.78. The monoisotopic (exact) mass is 541 g/mol. The lowest BCUT2D eigenvalue weighted by atomic mass is 9.77. The van der Waals surface area contributed by atoms with Crippen molar-refractivity contribution in [3.05, 3.63) is 40.5 Å². The van der Waals surface area contributed by atoms with Crippen LogP contribution in [0.4, 0.5) is 5.95 Å². The Bertz CT molecular complexity index is 1330. The Morgan fingerprint density at radius 1 is 1.16 bits per heavy atom. The molecule has 0 bridgehead atoms. The summed E-state index contributed by atoms with van der Waals surface area (Å²) >= 11 is 0. The number of aromatic nitrogens is 4. The van der Waals surface area contributed by atoms with Gasteiger partial charge in [0, 0.05) is 17.7 Å². The van der Waals surface area contributed by atoms with Crippen LogP contribution in [0.1, 0.15) is 112 Å². The van der Waals surface area contributed by atoms with Crippen molar-refractivity contribution in [2.75, 3.05) is 12.8 Å². The molecular formula is C29H40ClN5O3. The number of nitrogens with two attached hydrogens (primary N) is 1. The van der Waals surface area contributed by atoms with E-state index in [9.17, 15) is 4.79 Å². The van der Waals surface area contributed by atoms with Crippen molar-refractivity contribution in [2.24, 2.45) is 0 Å². The number of fused-ring (bicyclic) bond motifs is 1. The Labute approximate surface area is 231 Å². The molecule has 3 aromatic rings. The molecule has 2 aliphatic carbocycles. The Morgan fingerprint density at radius 2 is 1.82 bits per heavy atom. The number of Topliss-reactive ketones (excluding diaryl/α,β-unsaturated/α-hetero) is 1. The summed E-state index contributed by atoms with van der Waals surface area (Å²) in [6.45, 7) is 10.9. The number of nitrogen functional groups attached to an aromatic ring is 1. The zero-order valence-corrected chi connectivity index (χ0v) is 24.1. The van der Waals surface area contributed by atoms with Crippen LogP contribution < -0.4 is 32.3 Å². The number of hydrogen-bond acceptors (Lipinski definition) is 6. The second-order valence-corrected chi connectivity index (χ2v) is 11.6. The Balaban J connectivity index is 0.00000336. The van der Waals surface area contributed by atoms with Crippen molar-refractivity contribution in [3.63, 3.8) is 0 Å². The van der Waals surface area contributed by atoms with E-state index in [0.29, 0.717) is 34.7 Å². The predicted molar refractivity (Wildman–Crippen MR) is 143 cm³/mol. The summed E-state index contributed by atoms with van der Waals surface area (Å²) in [6.07, 6.45) is 6.68. The molecule has 0 radical (unpaired) electrons. The van der Waals surface area contributed by atoms with E-state index in [4.69, 9.17) is 15.2 Å². The van der Waals surface area contributed by atoms with Gasteiger partial charge >= 0.3 is 11.6 Å². The maximum atomic E-state index is 13.9. The van der Waals surface area contributed by atoms with Gasteiger partial charge in [0.1, 0.15) is 11.9 Å². The van der Waals surface area contributed by atoms with E-state index in [1.807, 2.05) is 12.1 Å². The first-order chi connectivity index (χ1) is 17.7. The molecular weight excluding hydrogens is 502 g/mol. The van der Waals surface area contributed by atoms with E-state index in [1.54, 1.807) is 11.8 Å². The lowest BCUT2D eigenvalue weighted by Crippen LogP contribution is -3.00. The summed E-state index contributed by atoms with van der Waals surface area (Å²) in [4.78, 5) is 13.9. The number of methoxy groups -OCH3 is 1. The minimum absolute atomic E-state index is 0. The zero-order chi connectivity index (χ0) is 26.5. The number of carbonyl (C=O) groups excluding carboxylic acids is 1. The SMILES string of the molecule is CCC(CC)Oc1ccc2n(n1)c(N)n[n+]2CC(=O)c1cc(C2CC2)c(C2CC2)c(C(C)(C)C)c1OC.[Cl-]. The Kier molecular flexibility index (Phi) is 7.94. The van der Waals surface area contributed by atoms with Gasteiger partial charge in [-0.05, 0) is 83.2 Å². The van der Waals surface area contributed by atoms with Crippen LogP contribution in [0.25, 0.3) is 5.65 Å². The summed E-state index contributed by atoms with van der Waals surface area (Å²) in [7, 11) is 1.68. The van der Waals surface area contributed by atoms with Crippen molar-refractivity contribution in [1.82, 2.24) is 14.7 Å². The molecule has 5 rings (SSSR count). The highest BCUT2D eigenvalue weighted by Crippen LogP contribution is 2.55. The van der Waals surface area contributed by atoms with Gasteiger partial charge in [-0.3, -0.25) is 4.79 Å². The number of carbonyl (C=O) groups is 1. The van der Waals surface area contributed by atoms with Crippen LogP contribution in [0, 0.1) is 0 Å². The molecule has 0 saturated heterocycles. The maximum absolute atomic E-state index is 13.9. The molecule has 38 heavy (non-hydrogen) atoms. The van der Waals surface area contributed by atoms with Crippen molar-refractivity contribution in [1.29, 1.82) is 0 Å². The van der Waals surface area contributed by atoms with Crippen LogP contribution in [0.2, 0.25) is 0 Å². The molecule has 8 nitrogen and oxygen atoms in total. The molecule has 2 fully saturated rings. The first kappa shape index (κ1) is 28.1. The largest absolute Gasteiger partial charge is 1.00 e. The van der Waals surface area contributed by atoms with E-state index in [0.717, 1.165) is 12.8 Å². The van der Waals surface area contributed by atoms with Crippen LogP contribution in [0.5, 0.6) is 11.6 Å². The van der Waals surface area contributed by atoms with Crippen molar-refractivity contribution < 1.29 is 31.4 Å². The number of ether oxygens (including phenoxy) is 2. The highest BCUT2D eigenvalue weighted by Gasteiger charge is 2.40. The Hall–Kier alpha value is -2.87. The fourth-order valence-corrected chi connectivity index (χ4v) is 5.42. The predicted octanol–water partition coefficient (Wildman–Crippen LogP) is 2.11. The molecule has 0 unspecified atom stereocenters. The maximum Gasteiger partial charge on any atom is 0.355 e. The number of nitrogens with zero attached hydrogens (tertiary/aromatic N) is 4. The molecule has 0 atom stereocenters. The van der Waals surface area contributed by atoms with Gasteiger partial charge in [-0.1, -0.05) is 39.1 Å². The third-order valence-electron chi connectivity index (χ3n) is 7.60. The molecule has 0 spiro atoms. The fraction of sp³-hybridized carbons (Fsp3) is 0.586. The van der Waals surface area contributed by atoms with Gasteiger partial charge in [0.15, 0.2) is 6.54 Å². The second-order valence-electron chi connectivity index (χ2n) is 11.6. The second kappa shape index (κ2) is 10.7. The quantitative estimate of drug-likeness (QED) is 0.312. The normalized spacial score (nSPS) is 15.6. The number of benzene rings is 1. The molecule has 2 N–H and O–H groups in total. The van der Waals surface area contributed by atoms with Crippen LogP contribution >= 0.6 is 0 Å². The van der Waals surface area contributed by atoms with Gasteiger partial charge in [-0.25, -0.2) is 0 Å². The summed E-state index contributed by atoms with van der Waals surface area (Å²) < 4.78 is 15.1. The lowest BCUT2D eigenvalue weighted by Gasteiger charge is -2.29. The minimum Gasteiger partial charge on any atom is -1.00 e. The van der Waals surface area contributed by atoms with Gasteiger partial charge in [0.25, 0.3) is 5.88 Å². The summed E-state index contributed by atoms with van der Waals surface area (Å²) in [5, 5.41) is 8.97. The lowest BCUT2D eigenvalue weighted by molar-refractivity contribution is -0.714. The number of halogens is 1. The minimum atomic E-state index is -0.142. The van der Waals surface area contributed by atoms with Crippen LogP contribution in [0.3, 0.4) is 0 Å². The highest BCUT2D eigenvalue weighted by molar-refractivity contribution is 5.99. The first-order valence-electron chi connectivity index (χ1n) is 13.7. The molecule has 0 aliphatic heterocycles. The van der Waals surface area contributed by atoms with Gasteiger partial charge in [-0.2, -0.15) is 0 Å². The van der Waals surface area contributed by atoms with Crippen LogP contribution in [0.15, 0.2) is 18.2 Å². The first-order valence-corrected chi connectivity index (χ1v) is 13.7. The van der Waals surface area contributed by atoms with E-state index in [-0.39, 0.29) is 42.2 Å². The van der Waals surface area contributed by atoms with E-state index >= 15 is 0 Å². The molecule has 2 heterocycles. The molecule has 206 valence electrons. The van der Waals surface area contributed by atoms with Gasteiger partial charge < -0.3 is 27.6 Å². The van der Waals surface area contributed by atoms with Gasteiger partial charge in [0.05, 0.1) is 12.7 Å². The van der Waals surface area contributed by atoms with E-state index < -0.39 is 0 Å². The zero-order valence-electron chi connectivity index (χ0n) is 23.4. The summed E-state index contributed by atoms with van der Waals surface area (Å²) in [5.41, 5.74) is 11.3. The van der Waals surface area contributed by atoms with E-state index in [1.165, 1.54) is 46.9 Å². The Morgan fingerprint density at radius 3 is 2.37 bits per heavy atom. The van der Waals surface area contributed by atoms with E-state index in [2.05, 4.69) is 50.9 Å². The van der Waals surface area contributed by atoms with Gasteiger partial charge in [0.2, 0.25) is 5.78 Å². The van der Waals surface area contributed by atoms with Crippen molar-refractivity contribution in [2.45, 2.75) is 103 Å². The van der Waals surface area contributed by atoms with Crippen molar-refractivity contribution in [3.8, 4) is 11.6 Å². The third kappa shape index (κ3) is 5.33. The number of ketones is 1. The molecule has 0 amide bonds. The number of anilines is 1. The number of hydrogen-bond donors (Lipinski definition) is 1. The molecule has 2 aliphatic rings. The average Bonchev–Trinajstić information content (AvgIpc) is 3.79. The molecule has 1 aromatic carbocycles. The van der Waals surface area contributed by atoms with Crippen LogP contribution in [-0.2, 0) is 12.0 Å². The van der Waals surface area contributed by atoms with Crippen LogP contribution in [-0.4, -0.2) is 33.7 Å². The smallest absolute Gasteiger partial charge is 0.355 e. The van der Waals surface area contributed by atoms with Gasteiger partial charge in [-0.15, -0.1) is 4.68 Å². The topological polar surface area (TPSA) is 95.6 Å².